The van der Waals surface area contributed by atoms with Gasteiger partial charge in [0.25, 0.3) is 0 Å². The van der Waals surface area contributed by atoms with Gasteiger partial charge >= 0.3 is 11.4 Å². The topological polar surface area (TPSA) is 98.5 Å². The number of carbonyl (C=O) groups excluding carboxylic acids is 1. The number of carbonyl (C=O) groups is 1. The number of H-pyrrole nitrogens is 1. The number of methoxy groups -OCH3 is 1. The van der Waals surface area contributed by atoms with Crippen LogP contribution in [-0.2, 0) is 13.5 Å². The van der Waals surface area contributed by atoms with E-state index in [1.54, 1.807) is 31.4 Å². The molecular formula is C15H14N4O4. The first-order valence-electron chi connectivity index (χ1n) is 6.84. The summed E-state index contributed by atoms with van der Waals surface area (Å²) in [7, 11) is 3.04. The summed E-state index contributed by atoms with van der Waals surface area (Å²) >= 11 is 0. The van der Waals surface area contributed by atoms with E-state index in [2.05, 4.69) is 9.97 Å². The van der Waals surface area contributed by atoms with Crippen LogP contribution < -0.4 is 16.1 Å². The largest absolute Gasteiger partial charge is 0.497 e. The van der Waals surface area contributed by atoms with Gasteiger partial charge in [0.05, 0.1) is 25.4 Å². The predicted octanol–water partition coefficient (Wildman–Crippen LogP) is 0.155. The molecule has 0 spiro atoms. The molecule has 3 aromatic rings. The number of nitrogens with one attached hydrogen (secondary N) is 1. The molecule has 0 aliphatic carbocycles. The smallest absolute Gasteiger partial charge is 0.336 e. The molecule has 8 heteroatoms. The van der Waals surface area contributed by atoms with Gasteiger partial charge in [-0.15, -0.1) is 0 Å². The summed E-state index contributed by atoms with van der Waals surface area (Å²) in [6.45, 7) is 0. The van der Waals surface area contributed by atoms with Crippen LogP contribution in [0.15, 0.2) is 40.1 Å². The maximum Gasteiger partial charge on any atom is 0.336 e. The number of ketones is 1. The first kappa shape index (κ1) is 14.8. The zero-order valence-electron chi connectivity index (χ0n) is 12.6. The molecule has 0 radical (unpaired) electrons. The van der Waals surface area contributed by atoms with Crippen LogP contribution >= 0.6 is 0 Å². The normalized spacial score (nSPS) is 10.9. The lowest BCUT2D eigenvalue weighted by Gasteiger charge is -2.04. The molecule has 1 aromatic carbocycles. The third-order valence-electron chi connectivity index (χ3n) is 3.59. The quantitative estimate of drug-likeness (QED) is 0.691. The molecule has 118 valence electrons. The predicted molar refractivity (Wildman–Crippen MR) is 82.1 cm³/mol. The Hall–Kier alpha value is -3.16. The van der Waals surface area contributed by atoms with Crippen molar-refractivity contribution in [2.75, 3.05) is 7.11 Å². The van der Waals surface area contributed by atoms with E-state index in [0.717, 1.165) is 0 Å². The minimum Gasteiger partial charge on any atom is -0.497 e. The highest BCUT2D eigenvalue weighted by atomic mass is 16.5. The molecule has 2 heterocycles. The number of nitrogens with zero attached hydrogens (tertiary/aromatic N) is 3. The molecule has 0 saturated heterocycles. The lowest BCUT2D eigenvalue weighted by molar-refractivity contribution is 0.0991. The maximum absolute atomic E-state index is 12.4. The first-order chi connectivity index (χ1) is 11.0. The van der Waals surface area contributed by atoms with E-state index in [1.165, 1.54) is 22.2 Å². The Morgan fingerprint density at radius 3 is 2.57 bits per heavy atom. The average Bonchev–Trinajstić information content (AvgIpc) is 2.97. The Bertz CT molecular complexity index is 995. The summed E-state index contributed by atoms with van der Waals surface area (Å²) in [5.74, 6) is 0.682. The second kappa shape index (κ2) is 5.56. The zero-order valence-corrected chi connectivity index (χ0v) is 12.6. The van der Waals surface area contributed by atoms with E-state index < -0.39 is 11.4 Å². The molecule has 1 N–H and O–H groups in total. The van der Waals surface area contributed by atoms with Gasteiger partial charge in [-0.05, 0) is 24.3 Å². The molecule has 0 atom stereocenters. The highest BCUT2D eigenvalue weighted by Crippen LogP contribution is 2.13. The molecule has 0 saturated carbocycles. The second-order valence-corrected chi connectivity index (χ2v) is 5.01. The zero-order chi connectivity index (χ0) is 16.6. The van der Waals surface area contributed by atoms with Crippen LogP contribution in [0.25, 0.3) is 5.78 Å². The van der Waals surface area contributed by atoms with Crippen molar-refractivity contribution in [1.29, 1.82) is 0 Å². The van der Waals surface area contributed by atoms with Gasteiger partial charge in [0.15, 0.2) is 5.78 Å². The van der Waals surface area contributed by atoms with Gasteiger partial charge in [0, 0.05) is 12.6 Å². The van der Waals surface area contributed by atoms with E-state index in [0.29, 0.717) is 17.0 Å². The van der Waals surface area contributed by atoms with Crippen LogP contribution in [0.1, 0.15) is 16.1 Å². The van der Waals surface area contributed by atoms with Crippen molar-refractivity contribution in [2.24, 2.45) is 7.05 Å². The summed E-state index contributed by atoms with van der Waals surface area (Å²) in [5.41, 5.74) is -0.251. The summed E-state index contributed by atoms with van der Waals surface area (Å²) in [4.78, 5) is 42.1. The SMILES string of the molecule is COc1ccc(C(=O)Cc2cnc3n(C)c(=O)[nH]c(=O)n23)cc1. The Morgan fingerprint density at radius 2 is 1.91 bits per heavy atom. The highest BCUT2D eigenvalue weighted by Gasteiger charge is 2.15. The van der Waals surface area contributed by atoms with Gasteiger partial charge in [0.2, 0.25) is 5.78 Å². The minimum atomic E-state index is -0.613. The molecule has 23 heavy (non-hydrogen) atoms. The third-order valence-corrected chi connectivity index (χ3v) is 3.59. The fourth-order valence-electron chi connectivity index (χ4n) is 2.32. The van der Waals surface area contributed by atoms with Gasteiger partial charge in [-0.3, -0.25) is 14.3 Å². The molecule has 0 unspecified atom stereocenters. The van der Waals surface area contributed by atoms with Gasteiger partial charge < -0.3 is 4.74 Å². The van der Waals surface area contributed by atoms with Crippen molar-refractivity contribution in [1.82, 2.24) is 18.9 Å². The maximum atomic E-state index is 12.4. The summed E-state index contributed by atoms with van der Waals surface area (Å²) < 4.78 is 7.49. The number of ether oxygens (including phenoxy) is 1. The fraction of sp³-hybridized carbons (Fsp3) is 0.200. The Balaban J connectivity index is 1.98. The van der Waals surface area contributed by atoms with Crippen LogP contribution in [0.4, 0.5) is 0 Å². The number of benzene rings is 1. The molecule has 2 aromatic heterocycles. The van der Waals surface area contributed by atoms with Crippen molar-refractivity contribution in [2.45, 2.75) is 6.42 Å². The Labute approximate surface area is 130 Å². The highest BCUT2D eigenvalue weighted by molar-refractivity contribution is 5.97. The van der Waals surface area contributed by atoms with Gasteiger partial charge in [0.1, 0.15) is 5.75 Å². The number of rotatable bonds is 4. The number of hydrogen-bond donors (Lipinski definition) is 1. The average molecular weight is 314 g/mol. The number of imidazole rings is 1. The second-order valence-electron chi connectivity index (χ2n) is 5.01. The van der Waals surface area contributed by atoms with Crippen molar-refractivity contribution in [3.63, 3.8) is 0 Å². The lowest BCUT2D eigenvalue weighted by atomic mass is 10.1. The number of aromatic nitrogens is 4. The first-order valence-corrected chi connectivity index (χ1v) is 6.84. The van der Waals surface area contributed by atoms with Crippen LogP contribution in [0.3, 0.4) is 0 Å². The Kier molecular flexibility index (Phi) is 3.57. The molecular weight excluding hydrogens is 300 g/mol. The molecule has 3 rings (SSSR count). The molecule has 0 bridgehead atoms. The molecule has 8 nitrogen and oxygen atoms in total. The van der Waals surface area contributed by atoms with E-state index in [-0.39, 0.29) is 18.0 Å². The number of aromatic amines is 1. The number of hydrogen-bond acceptors (Lipinski definition) is 5. The van der Waals surface area contributed by atoms with E-state index in [4.69, 9.17) is 4.74 Å². The molecule has 0 amide bonds. The van der Waals surface area contributed by atoms with E-state index in [1.807, 2.05) is 0 Å². The summed E-state index contributed by atoms with van der Waals surface area (Å²) in [6, 6.07) is 6.70. The molecule has 0 aliphatic rings. The number of Topliss-reactive ketones (excluding diaryl/α,β-unsaturated/α-hetero) is 1. The van der Waals surface area contributed by atoms with E-state index in [9.17, 15) is 14.4 Å². The fourth-order valence-corrected chi connectivity index (χ4v) is 2.32. The van der Waals surface area contributed by atoms with Crippen LogP contribution in [0.5, 0.6) is 5.75 Å². The van der Waals surface area contributed by atoms with Gasteiger partial charge in [-0.2, -0.15) is 0 Å². The lowest BCUT2D eigenvalue weighted by Crippen LogP contribution is -2.34. The van der Waals surface area contributed by atoms with Crippen LogP contribution in [0, 0.1) is 0 Å². The van der Waals surface area contributed by atoms with Crippen LogP contribution in [0.2, 0.25) is 0 Å². The van der Waals surface area contributed by atoms with Crippen molar-refractivity contribution in [3.05, 3.63) is 62.7 Å². The third kappa shape index (κ3) is 2.54. The Morgan fingerprint density at radius 1 is 1.22 bits per heavy atom. The van der Waals surface area contributed by atoms with Gasteiger partial charge in [-0.25, -0.2) is 19.0 Å². The standard InChI is InChI=1S/C15H14N4O4/c1-18-13-16-8-10(19(13)15(22)17-14(18)21)7-12(20)9-3-5-11(23-2)6-4-9/h3-6,8H,7H2,1-2H3,(H,17,21,22). The van der Waals surface area contributed by atoms with Crippen molar-refractivity contribution in [3.8, 4) is 5.75 Å². The number of fused-ring (bicyclic) bond motifs is 1. The van der Waals surface area contributed by atoms with Crippen molar-refractivity contribution >= 4 is 11.6 Å². The minimum absolute atomic E-state index is 0.00518. The van der Waals surface area contributed by atoms with Crippen LogP contribution in [-0.4, -0.2) is 31.8 Å². The summed E-state index contributed by atoms with van der Waals surface area (Å²) in [5, 5.41) is 0. The van der Waals surface area contributed by atoms with E-state index >= 15 is 0 Å². The molecule has 0 aliphatic heterocycles. The number of aryl methyl sites for hydroxylation is 1. The van der Waals surface area contributed by atoms with Gasteiger partial charge in [-0.1, -0.05) is 0 Å². The van der Waals surface area contributed by atoms with Crippen molar-refractivity contribution < 1.29 is 9.53 Å². The molecule has 0 fully saturated rings. The summed E-state index contributed by atoms with van der Waals surface area (Å²) in [6.07, 6.45) is 1.42. The monoisotopic (exact) mass is 314 g/mol.